The van der Waals surface area contributed by atoms with Gasteiger partial charge in [-0.2, -0.15) is 0 Å². The van der Waals surface area contributed by atoms with Gasteiger partial charge in [0.05, 0.1) is 11.3 Å². The highest BCUT2D eigenvalue weighted by Gasteiger charge is 2.25. The molecule has 0 fully saturated rings. The summed E-state index contributed by atoms with van der Waals surface area (Å²) < 4.78 is 5.90. The molecule has 0 amide bonds. The molecule has 0 spiro atoms. The number of hydrogen-bond donors (Lipinski definition) is 0. The molecule has 1 heterocycles. The lowest BCUT2D eigenvalue weighted by molar-refractivity contribution is 0.522. The van der Waals surface area contributed by atoms with Crippen LogP contribution in [0.25, 0.3) is 22.5 Å². The molecule has 0 saturated carbocycles. The van der Waals surface area contributed by atoms with Gasteiger partial charge in [0.2, 0.25) is 0 Å². The molecule has 1 aliphatic carbocycles. The molecule has 126 valence electrons. The molecule has 0 unspecified atom stereocenters. The molecule has 0 radical (unpaired) electrons. The number of hydrogen-bond acceptors (Lipinski definition) is 3. The van der Waals surface area contributed by atoms with Crippen molar-refractivity contribution in [3.05, 3.63) is 76.1 Å². The molecule has 3 aromatic rings. The average Bonchev–Trinajstić information content (AvgIpc) is 2.80. The standard InChI is InChI=1S/C22H21NO2/c1-23(2)20-18-14-8-12-15-9-6-7-13-17(15)21(18)25-22(24)19(20)16-10-4-3-5-11-16/h3-7,9-11,13H,8,12,14H2,1-2H3. The van der Waals surface area contributed by atoms with Crippen LogP contribution in [0, 0.1) is 0 Å². The zero-order valence-corrected chi connectivity index (χ0v) is 14.6. The van der Waals surface area contributed by atoms with Crippen molar-refractivity contribution in [3.63, 3.8) is 0 Å². The van der Waals surface area contributed by atoms with E-state index in [-0.39, 0.29) is 5.63 Å². The first-order valence-electron chi connectivity index (χ1n) is 8.68. The van der Waals surface area contributed by atoms with Crippen LogP contribution in [0.15, 0.2) is 63.8 Å². The molecule has 0 N–H and O–H groups in total. The highest BCUT2D eigenvalue weighted by Crippen LogP contribution is 2.40. The fraction of sp³-hybridized carbons (Fsp3) is 0.227. The second kappa shape index (κ2) is 6.25. The summed E-state index contributed by atoms with van der Waals surface area (Å²) in [4.78, 5) is 15.0. The van der Waals surface area contributed by atoms with E-state index in [9.17, 15) is 4.79 Å². The summed E-state index contributed by atoms with van der Waals surface area (Å²) in [6, 6.07) is 18.0. The van der Waals surface area contributed by atoms with Gasteiger partial charge in [-0.3, -0.25) is 0 Å². The van der Waals surface area contributed by atoms with Gasteiger partial charge >= 0.3 is 5.63 Å². The predicted molar refractivity (Wildman–Crippen MR) is 102 cm³/mol. The monoisotopic (exact) mass is 331 g/mol. The molecular formula is C22H21NO2. The first kappa shape index (κ1) is 15.7. The zero-order valence-electron chi connectivity index (χ0n) is 14.6. The molecule has 0 bridgehead atoms. The van der Waals surface area contributed by atoms with Gasteiger partial charge in [-0.25, -0.2) is 4.79 Å². The summed E-state index contributed by atoms with van der Waals surface area (Å²) in [5.41, 5.74) is 5.70. The van der Waals surface area contributed by atoms with Crippen LogP contribution in [0.4, 0.5) is 5.69 Å². The van der Waals surface area contributed by atoms with Gasteiger partial charge in [0.25, 0.3) is 0 Å². The number of benzene rings is 2. The maximum absolute atomic E-state index is 12.9. The minimum absolute atomic E-state index is 0.273. The van der Waals surface area contributed by atoms with Crippen LogP contribution < -0.4 is 10.5 Å². The quantitative estimate of drug-likeness (QED) is 0.692. The predicted octanol–water partition coefficient (Wildman–Crippen LogP) is 4.53. The highest BCUT2D eigenvalue weighted by atomic mass is 16.4. The van der Waals surface area contributed by atoms with Crippen LogP contribution in [0.3, 0.4) is 0 Å². The first-order valence-corrected chi connectivity index (χ1v) is 8.68. The Labute approximate surface area is 147 Å². The smallest absolute Gasteiger partial charge is 0.346 e. The number of anilines is 1. The van der Waals surface area contributed by atoms with Crippen LogP contribution in [0.1, 0.15) is 17.5 Å². The first-order chi connectivity index (χ1) is 12.2. The van der Waals surface area contributed by atoms with E-state index < -0.39 is 0 Å². The van der Waals surface area contributed by atoms with Crippen molar-refractivity contribution in [2.45, 2.75) is 19.3 Å². The van der Waals surface area contributed by atoms with Crippen molar-refractivity contribution in [1.82, 2.24) is 0 Å². The molecule has 4 rings (SSSR count). The van der Waals surface area contributed by atoms with Crippen LogP contribution in [0.2, 0.25) is 0 Å². The van der Waals surface area contributed by atoms with Gasteiger partial charge in [-0.1, -0.05) is 54.6 Å². The maximum Gasteiger partial charge on any atom is 0.346 e. The molecule has 0 atom stereocenters. The van der Waals surface area contributed by atoms with E-state index in [2.05, 4.69) is 12.1 Å². The second-order valence-electron chi connectivity index (χ2n) is 6.69. The van der Waals surface area contributed by atoms with Crippen LogP contribution in [0.5, 0.6) is 0 Å². The van der Waals surface area contributed by atoms with Crippen molar-refractivity contribution in [1.29, 1.82) is 0 Å². The minimum atomic E-state index is -0.273. The normalized spacial score (nSPS) is 12.9. The summed E-state index contributed by atoms with van der Waals surface area (Å²) >= 11 is 0. The third-order valence-electron chi connectivity index (χ3n) is 4.84. The molecule has 25 heavy (non-hydrogen) atoms. The van der Waals surface area contributed by atoms with Crippen molar-refractivity contribution in [2.75, 3.05) is 19.0 Å². The Kier molecular flexibility index (Phi) is 3.92. The Balaban J connectivity index is 2.07. The summed E-state index contributed by atoms with van der Waals surface area (Å²) in [5.74, 6) is 0.737. The summed E-state index contributed by atoms with van der Waals surface area (Å²) in [6.07, 6.45) is 2.95. The SMILES string of the molecule is CN(C)c1c2c(oc(=O)c1-c1ccccc1)-c1ccccc1CCC2. The molecule has 3 nitrogen and oxygen atoms in total. The van der Waals surface area contributed by atoms with E-state index in [0.717, 1.165) is 47.4 Å². The zero-order chi connectivity index (χ0) is 17.4. The summed E-state index contributed by atoms with van der Waals surface area (Å²) in [6.45, 7) is 0. The molecule has 3 heteroatoms. The Hall–Kier alpha value is -2.81. The molecule has 0 aliphatic heterocycles. The number of nitrogens with zero attached hydrogens (tertiary/aromatic N) is 1. The second-order valence-corrected chi connectivity index (χ2v) is 6.69. The summed E-state index contributed by atoms with van der Waals surface area (Å²) in [5, 5.41) is 0. The summed E-state index contributed by atoms with van der Waals surface area (Å²) in [7, 11) is 4.00. The van der Waals surface area contributed by atoms with Crippen LogP contribution in [-0.4, -0.2) is 14.1 Å². The van der Waals surface area contributed by atoms with Crippen molar-refractivity contribution in [3.8, 4) is 22.5 Å². The van der Waals surface area contributed by atoms with E-state index in [1.807, 2.05) is 61.5 Å². The highest BCUT2D eigenvalue weighted by molar-refractivity contribution is 5.84. The van der Waals surface area contributed by atoms with Gasteiger partial charge in [-0.15, -0.1) is 0 Å². The lowest BCUT2D eigenvalue weighted by Crippen LogP contribution is -2.19. The van der Waals surface area contributed by atoms with Crippen LogP contribution >= 0.6 is 0 Å². The maximum atomic E-state index is 12.9. The average molecular weight is 331 g/mol. The van der Waals surface area contributed by atoms with E-state index in [1.54, 1.807) is 0 Å². The number of rotatable bonds is 2. The van der Waals surface area contributed by atoms with E-state index >= 15 is 0 Å². The number of aryl methyl sites for hydroxylation is 1. The molecule has 1 aliphatic rings. The molecule has 1 aromatic heterocycles. The Morgan fingerprint density at radius 2 is 1.64 bits per heavy atom. The van der Waals surface area contributed by atoms with Crippen molar-refractivity contribution < 1.29 is 4.42 Å². The Bertz CT molecular complexity index is 971. The van der Waals surface area contributed by atoms with Crippen molar-refractivity contribution in [2.24, 2.45) is 0 Å². The fourth-order valence-corrected chi connectivity index (χ4v) is 3.78. The topological polar surface area (TPSA) is 33.5 Å². The molecule has 0 saturated heterocycles. The molecular weight excluding hydrogens is 310 g/mol. The number of fused-ring (bicyclic) bond motifs is 3. The third-order valence-corrected chi connectivity index (χ3v) is 4.84. The Morgan fingerprint density at radius 3 is 2.40 bits per heavy atom. The van der Waals surface area contributed by atoms with Crippen LogP contribution in [-0.2, 0) is 12.8 Å². The fourth-order valence-electron chi connectivity index (χ4n) is 3.78. The lowest BCUT2D eigenvalue weighted by atomic mass is 9.97. The minimum Gasteiger partial charge on any atom is -0.422 e. The third kappa shape index (κ3) is 2.66. The van der Waals surface area contributed by atoms with Gasteiger partial charge in [-0.05, 0) is 30.4 Å². The largest absolute Gasteiger partial charge is 0.422 e. The van der Waals surface area contributed by atoms with Gasteiger partial charge < -0.3 is 9.32 Å². The van der Waals surface area contributed by atoms with E-state index in [1.165, 1.54) is 5.56 Å². The van der Waals surface area contributed by atoms with E-state index in [4.69, 9.17) is 4.42 Å². The Morgan fingerprint density at radius 1 is 0.920 bits per heavy atom. The lowest BCUT2D eigenvalue weighted by Gasteiger charge is -2.22. The van der Waals surface area contributed by atoms with Crippen molar-refractivity contribution >= 4 is 5.69 Å². The van der Waals surface area contributed by atoms with E-state index in [0.29, 0.717) is 5.56 Å². The molecule has 2 aromatic carbocycles. The van der Waals surface area contributed by atoms with Gasteiger partial charge in [0.15, 0.2) is 0 Å². The van der Waals surface area contributed by atoms with Gasteiger partial charge in [0.1, 0.15) is 5.76 Å². The van der Waals surface area contributed by atoms with Gasteiger partial charge in [0, 0.05) is 25.2 Å².